The second-order valence-electron chi connectivity index (χ2n) is 4.65. The van der Waals surface area contributed by atoms with Crippen LogP contribution in [-0.2, 0) is 4.79 Å². The molecule has 0 aromatic heterocycles. The summed E-state index contributed by atoms with van der Waals surface area (Å²) >= 11 is 0. The quantitative estimate of drug-likeness (QED) is 0.800. The van der Waals surface area contributed by atoms with Gasteiger partial charge in [-0.25, -0.2) is 5.43 Å². The van der Waals surface area contributed by atoms with Crippen molar-refractivity contribution in [3.05, 3.63) is 29.8 Å². The Hall–Kier alpha value is -1.84. The highest BCUT2D eigenvalue weighted by atomic mass is 16.5. The third-order valence-corrected chi connectivity index (χ3v) is 3.11. The van der Waals surface area contributed by atoms with Crippen molar-refractivity contribution < 1.29 is 9.53 Å². The molecule has 4 nitrogen and oxygen atoms in total. The summed E-state index contributed by atoms with van der Waals surface area (Å²) in [5.74, 6) is 0.832. The lowest BCUT2D eigenvalue weighted by Gasteiger charge is -2.15. The topological polar surface area (TPSA) is 50.7 Å². The number of rotatable bonds is 6. The van der Waals surface area contributed by atoms with Crippen LogP contribution in [0.15, 0.2) is 29.4 Å². The van der Waals surface area contributed by atoms with Gasteiger partial charge in [0.1, 0.15) is 5.75 Å². The van der Waals surface area contributed by atoms with E-state index in [0.717, 1.165) is 30.1 Å². The predicted octanol–water partition coefficient (Wildman–Crippen LogP) is 2.87. The van der Waals surface area contributed by atoms with Gasteiger partial charge in [0.05, 0.1) is 12.3 Å². The third kappa shape index (κ3) is 3.81. The first kappa shape index (κ1) is 13.6. The van der Waals surface area contributed by atoms with Crippen molar-refractivity contribution in [2.24, 2.45) is 5.10 Å². The Morgan fingerprint density at radius 3 is 2.84 bits per heavy atom. The summed E-state index contributed by atoms with van der Waals surface area (Å²) in [6, 6.07) is 7.87. The summed E-state index contributed by atoms with van der Waals surface area (Å²) < 4.78 is 5.83. The van der Waals surface area contributed by atoms with Gasteiger partial charge in [0, 0.05) is 18.4 Å². The predicted molar refractivity (Wildman–Crippen MR) is 75.4 cm³/mol. The van der Waals surface area contributed by atoms with Crippen molar-refractivity contribution in [2.75, 3.05) is 6.61 Å². The maximum absolute atomic E-state index is 11.1. The van der Waals surface area contributed by atoms with Crippen LogP contribution in [0.4, 0.5) is 0 Å². The first-order chi connectivity index (χ1) is 9.31. The SMILES string of the molecule is CCCCCOc1ccccc1C1=NNC(=O)CC1. The van der Waals surface area contributed by atoms with Crippen molar-refractivity contribution in [3.63, 3.8) is 0 Å². The van der Waals surface area contributed by atoms with E-state index in [1.807, 2.05) is 24.3 Å². The van der Waals surface area contributed by atoms with Crippen molar-refractivity contribution in [1.29, 1.82) is 0 Å². The Labute approximate surface area is 113 Å². The average molecular weight is 260 g/mol. The summed E-state index contributed by atoms with van der Waals surface area (Å²) in [4.78, 5) is 11.1. The summed E-state index contributed by atoms with van der Waals surface area (Å²) in [5.41, 5.74) is 4.41. The van der Waals surface area contributed by atoms with E-state index < -0.39 is 0 Å². The van der Waals surface area contributed by atoms with Gasteiger partial charge in [-0.05, 0) is 18.6 Å². The summed E-state index contributed by atoms with van der Waals surface area (Å²) in [6.07, 6.45) is 4.58. The molecular weight excluding hydrogens is 240 g/mol. The van der Waals surface area contributed by atoms with Crippen LogP contribution in [0.3, 0.4) is 0 Å². The molecule has 1 amide bonds. The van der Waals surface area contributed by atoms with Crippen LogP contribution >= 0.6 is 0 Å². The van der Waals surface area contributed by atoms with Gasteiger partial charge in [-0.15, -0.1) is 0 Å². The number of hydrogen-bond donors (Lipinski definition) is 1. The lowest BCUT2D eigenvalue weighted by molar-refractivity contribution is -0.121. The minimum Gasteiger partial charge on any atom is -0.493 e. The Bertz CT molecular complexity index is 469. The molecule has 0 fully saturated rings. The van der Waals surface area contributed by atoms with Gasteiger partial charge < -0.3 is 4.74 Å². The van der Waals surface area contributed by atoms with E-state index in [2.05, 4.69) is 17.5 Å². The maximum Gasteiger partial charge on any atom is 0.240 e. The first-order valence-electron chi connectivity index (χ1n) is 6.89. The molecular formula is C15H20N2O2. The van der Waals surface area contributed by atoms with Crippen LogP contribution < -0.4 is 10.2 Å². The molecule has 19 heavy (non-hydrogen) atoms. The third-order valence-electron chi connectivity index (χ3n) is 3.11. The molecule has 0 spiro atoms. The van der Waals surface area contributed by atoms with E-state index in [0.29, 0.717) is 12.8 Å². The minimum atomic E-state index is -0.0231. The highest BCUT2D eigenvalue weighted by Crippen LogP contribution is 2.22. The Balaban J connectivity index is 2.05. The van der Waals surface area contributed by atoms with Crippen LogP contribution in [0.5, 0.6) is 5.75 Å². The smallest absolute Gasteiger partial charge is 0.240 e. The zero-order chi connectivity index (χ0) is 13.5. The summed E-state index contributed by atoms with van der Waals surface area (Å²) in [5, 5.41) is 4.12. The molecule has 0 saturated carbocycles. The summed E-state index contributed by atoms with van der Waals surface area (Å²) in [7, 11) is 0. The van der Waals surface area contributed by atoms with Gasteiger partial charge in [-0.3, -0.25) is 4.79 Å². The maximum atomic E-state index is 11.1. The van der Waals surface area contributed by atoms with Gasteiger partial charge >= 0.3 is 0 Å². The van der Waals surface area contributed by atoms with E-state index in [-0.39, 0.29) is 5.91 Å². The number of carbonyl (C=O) groups excluding carboxylic acids is 1. The first-order valence-corrected chi connectivity index (χ1v) is 6.89. The van der Waals surface area contributed by atoms with E-state index in [9.17, 15) is 4.79 Å². The molecule has 1 aromatic carbocycles. The zero-order valence-corrected chi connectivity index (χ0v) is 11.3. The Morgan fingerprint density at radius 1 is 1.26 bits per heavy atom. The van der Waals surface area contributed by atoms with E-state index >= 15 is 0 Å². The van der Waals surface area contributed by atoms with E-state index in [4.69, 9.17) is 4.74 Å². The fraction of sp³-hybridized carbons (Fsp3) is 0.467. The van der Waals surface area contributed by atoms with Gasteiger partial charge in [-0.2, -0.15) is 5.10 Å². The summed E-state index contributed by atoms with van der Waals surface area (Å²) in [6.45, 7) is 2.90. The molecule has 0 saturated heterocycles. The molecule has 102 valence electrons. The number of unbranched alkanes of at least 4 members (excludes halogenated alkanes) is 2. The van der Waals surface area contributed by atoms with Crippen LogP contribution in [0.25, 0.3) is 0 Å². The second kappa shape index (κ2) is 6.92. The van der Waals surface area contributed by atoms with Crippen LogP contribution in [0, 0.1) is 0 Å². The number of carbonyl (C=O) groups is 1. The van der Waals surface area contributed by atoms with Crippen molar-refractivity contribution in [1.82, 2.24) is 5.43 Å². The number of nitrogens with one attached hydrogen (secondary N) is 1. The van der Waals surface area contributed by atoms with Gasteiger partial charge in [0.2, 0.25) is 5.91 Å². The molecule has 2 rings (SSSR count). The van der Waals surface area contributed by atoms with Crippen molar-refractivity contribution in [3.8, 4) is 5.75 Å². The molecule has 1 aliphatic heterocycles. The standard InChI is InChI=1S/C15H20N2O2/c1-2-3-6-11-19-14-8-5-4-7-12(14)13-9-10-15(18)17-16-13/h4-5,7-8H,2-3,6,9-11H2,1H3,(H,17,18). The molecule has 0 bridgehead atoms. The molecule has 0 radical (unpaired) electrons. The lowest BCUT2D eigenvalue weighted by Crippen LogP contribution is -2.26. The molecule has 0 aliphatic carbocycles. The fourth-order valence-corrected chi connectivity index (χ4v) is 2.03. The number of nitrogens with zero attached hydrogens (tertiary/aromatic N) is 1. The second-order valence-corrected chi connectivity index (χ2v) is 4.65. The van der Waals surface area contributed by atoms with E-state index in [1.54, 1.807) is 0 Å². The van der Waals surface area contributed by atoms with Gasteiger partial charge in [0.15, 0.2) is 0 Å². The Kier molecular flexibility index (Phi) is 4.95. The molecule has 4 heteroatoms. The number of para-hydroxylation sites is 1. The normalized spacial score (nSPS) is 14.8. The number of hydrogen-bond acceptors (Lipinski definition) is 3. The highest BCUT2D eigenvalue weighted by molar-refractivity contribution is 6.05. The highest BCUT2D eigenvalue weighted by Gasteiger charge is 2.16. The van der Waals surface area contributed by atoms with Crippen LogP contribution in [-0.4, -0.2) is 18.2 Å². The molecule has 1 aromatic rings. The fourth-order valence-electron chi connectivity index (χ4n) is 2.03. The molecule has 1 N–H and O–H groups in total. The van der Waals surface area contributed by atoms with Gasteiger partial charge in [0.25, 0.3) is 0 Å². The monoisotopic (exact) mass is 260 g/mol. The average Bonchev–Trinajstić information content (AvgIpc) is 2.45. The molecule has 1 heterocycles. The number of ether oxygens (including phenoxy) is 1. The molecule has 1 aliphatic rings. The number of hydrazone groups is 1. The van der Waals surface area contributed by atoms with Crippen molar-refractivity contribution >= 4 is 11.6 Å². The van der Waals surface area contributed by atoms with Crippen LogP contribution in [0.1, 0.15) is 44.6 Å². The number of benzene rings is 1. The number of amides is 1. The molecule has 0 unspecified atom stereocenters. The zero-order valence-electron chi connectivity index (χ0n) is 11.3. The Morgan fingerprint density at radius 2 is 2.11 bits per heavy atom. The van der Waals surface area contributed by atoms with Crippen LogP contribution in [0.2, 0.25) is 0 Å². The van der Waals surface area contributed by atoms with Gasteiger partial charge in [-0.1, -0.05) is 31.9 Å². The minimum absolute atomic E-state index is 0.0231. The van der Waals surface area contributed by atoms with Crippen molar-refractivity contribution in [2.45, 2.75) is 39.0 Å². The lowest BCUT2D eigenvalue weighted by atomic mass is 10.0. The largest absolute Gasteiger partial charge is 0.493 e. The molecule has 0 atom stereocenters. The van der Waals surface area contributed by atoms with E-state index in [1.165, 1.54) is 12.8 Å².